The Bertz CT molecular complexity index is 1440. The number of ether oxygens (including phenoxy) is 1. The van der Waals surface area contributed by atoms with Crippen LogP contribution in [0.1, 0.15) is 11.1 Å². The molecule has 1 N–H and O–H groups in total. The zero-order chi connectivity index (χ0) is 24.1. The van der Waals surface area contributed by atoms with Crippen LogP contribution in [-0.4, -0.2) is 5.91 Å². The van der Waals surface area contributed by atoms with E-state index < -0.39 is 11.7 Å². The molecular formula is C27H17Cl2FN2O2. The average molecular weight is 491 g/mol. The topological polar surface area (TPSA) is 62.1 Å². The summed E-state index contributed by atoms with van der Waals surface area (Å²) < 4.78 is 19.2. The van der Waals surface area contributed by atoms with Gasteiger partial charge in [0.2, 0.25) is 0 Å². The first-order chi connectivity index (χ1) is 16.4. The van der Waals surface area contributed by atoms with Gasteiger partial charge in [0.05, 0.1) is 0 Å². The number of carbonyl (C=O) groups excluding carboxylic acids is 1. The van der Waals surface area contributed by atoms with Gasteiger partial charge in [0.1, 0.15) is 29.8 Å². The molecule has 1 amide bonds. The largest absolute Gasteiger partial charge is 0.488 e. The van der Waals surface area contributed by atoms with E-state index in [-0.39, 0.29) is 12.2 Å². The number of hydrogen-bond donors (Lipinski definition) is 1. The number of anilines is 1. The Kier molecular flexibility index (Phi) is 7.12. The van der Waals surface area contributed by atoms with E-state index in [4.69, 9.17) is 27.9 Å². The number of amides is 1. The lowest BCUT2D eigenvalue weighted by molar-refractivity contribution is -0.112. The Morgan fingerprint density at radius 2 is 1.79 bits per heavy atom. The van der Waals surface area contributed by atoms with Gasteiger partial charge in [0.15, 0.2) is 0 Å². The molecule has 0 heterocycles. The van der Waals surface area contributed by atoms with Crippen LogP contribution >= 0.6 is 23.2 Å². The molecule has 0 atom stereocenters. The third-order valence-electron chi connectivity index (χ3n) is 5.08. The molecule has 0 unspecified atom stereocenters. The van der Waals surface area contributed by atoms with Crippen molar-refractivity contribution in [3.63, 3.8) is 0 Å². The van der Waals surface area contributed by atoms with Crippen molar-refractivity contribution in [2.24, 2.45) is 0 Å². The van der Waals surface area contributed by atoms with E-state index in [0.29, 0.717) is 27.0 Å². The van der Waals surface area contributed by atoms with Gasteiger partial charge in [-0.1, -0.05) is 59.6 Å². The van der Waals surface area contributed by atoms with E-state index in [1.54, 1.807) is 24.3 Å². The van der Waals surface area contributed by atoms with Crippen LogP contribution in [0.5, 0.6) is 5.75 Å². The van der Waals surface area contributed by atoms with Crippen molar-refractivity contribution in [2.75, 3.05) is 5.32 Å². The fourth-order valence-electron chi connectivity index (χ4n) is 3.37. The Hall–Kier alpha value is -3.85. The number of hydrogen-bond acceptors (Lipinski definition) is 3. The number of nitriles is 1. The maximum atomic E-state index is 13.2. The van der Waals surface area contributed by atoms with Gasteiger partial charge in [-0.15, -0.1) is 0 Å². The molecule has 168 valence electrons. The number of carbonyl (C=O) groups is 1. The molecule has 4 rings (SSSR count). The molecule has 4 nitrogen and oxygen atoms in total. The van der Waals surface area contributed by atoms with Crippen molar-refractivity contribution in [3.8, 4) is 11.8 Å². The molecule has 0 fully saturated rings. The summed E-state index contributed by atoms with van der Waals surface area (Å²) in [4.78, 5) is 12.8. The Morgan fingerprint density at radius 3 is 2.53 bits per heavy atom. The molecule has 0 bridgehead atoms. The first-order valence-corrected chi connectivity index (χ1v) is 11.0. The number of nitrogens with one attached hydrogen (secondary N) is 1. The third kappa shape index (κ3) is 5.37. The molecular weight excluding hydrogens is 474 g/mol. The quantitative estimate of drug-likeness (QED) is 0.226. The number of rotatable bonds is 6. The summed E-state index contributed by atoms with van der Waals surface area (Å²) in [6.07, 6.45) is 1.49. The number of halogens is 3. The third-order valence-corrected chi connectivity index (χ3v) is 5.67. The van der Waals surface area contributed by atoms with Crippen molar-refractivity contribution in [1.82, 2.24) is 0 Å². The molecule has 0 aliphatic carbocycles. The van der Waals surface area contributed by atoms with Gasteiger partial charge in [-0.2, -0.15) is 5.26 Å². The summed E-state index contributed by atoms with van der Waals surface area (Å²) in [6.45, 7) is 0.166. The van der Waals surface area contributed by atoms with Crippen LogP contribution in [0, 0.1) is 17.1 Å². The van der Waals surface area contributed by atoms with E-state index >= 15 is 0 Å². The Labute approximate surface area is 205 Å². The monoisotopic (exact) mass is 490 g/mol. The lowest BCUT2D eigenvalue weighted by atomic mass is 10.0. The predicted octanol–water partition coefficient (Wildman–Crippen LogP) is 7.41. The van der Waals surface area contributed by atoms with Crippen LogP contribution in [0.15, 0.2) is 84.4 Å². The predicted molar refractivity (Wildman–Crippen MR) is 133 cm³/mol. The van der Waals surface area contributed by atoms with Crippen molar-refractivity contribution >= 4 is 51.6 Å². The highest BCUT2D eigenvalue weighted by Crippen LogP contribution is 2.32. The minimum atomic E-state index is -0.617. The second-order valence-electron chi connectivity index (χ2n) is 7.35. The average Bonchev–Trinajstić information content (AvgIpc) is 2.83. The second-order valence-corrected chi connectivity index (χ2v) is 8.20. The van der Waals surface area contributed by atoms with Gasteiger partial charge in [0, 0.05) is 26.9 Å². The van der Waals surface area contributed by atoms with E-state index in [0.717, 1.165) is 16.3 Å². The number of fused-ring (bicyclic) bond motifs is 1. The van der Waals surface area contributed by atoms with Gasteiger partial charge >= 0.3 is 0 Å². The standard InChI is InChI=1S/C27H17Cl2FN2O2/c28-20-7-5-18(25(29)14-20)16-34-26-12-6-17-3-1-2-4-23(17)24(26)13-19(15-31)27(33)32-22-10-8-21(30)9-11-22/h1-14H,16H2,(H,32,33)/b19-13-. The Morgan fingerprint density at radius 1 is 1.03 bits per heavy atom. The fraction of sp³-hybridized carbons (Fsp3) is 0.0370. The highest BCUT2D eigenvalue weighted by molar-refractivity contribution is 6.35. The summed E-state index contributed by atoms with van der Waals surface area (Å²) in [6, 6.07) is 23.6. The van der Waals surface area contributed by atoms with E-state index in [9.17, 15) is 14.4 Å². The zero-order valence-electron chi connectivity index (χ0n) is 17.7. The van der Waals surface area contributed by atoms with Gasteiger partial charge in [-0.25, -0.2) is 4.39 Å². The first kappa shape index (κ1) is 23.3. The van der Waals surface area contributed by atoms with Crippen LogP contribution in [0.4, 0.5) is 10.1 Å². The fourth-order valence-corrected chi connectivity index (χ4v) is 3.83. The molecule has 0 spiro atoms. The van der Waals surface area contributed by atoms with E-state index in [1.165, 1.54) is 30.3 Å². The molecule has 4 aromatic rings. The molecule has 0 saturated carbocycles. The molecule has 0 saturated heterocycles. The van der Waals surface area contributed by atoms with Crippen LogP contribution in [0.2, 0.25) is 10.0 Å². The van der Waals surface area contributed by atoms with Crippen molar-refractivity contribution in [2.45, 2.75) is 6.61 Å². The van der Waals surface area contributed by atoms with Crippen molar-refractivity contribution in [1.29, 1.82) is 5.26 Å². The van der Waals surface area contributed by atoms with Crippen LogP contribution < -0.4 is 10.1 Å². The van der Waals surface area contributed by atoms with Crippen molar-refractivity contribution in [3.05, 3.63) is 111 Å². The normalized spacial score (nSPS) is 11.2. The molecule has 0 aliphatic heterocycles. The van der Waals surface area contributed by atoms with Gasteiger partial charge in [-0.3, -0.25) is 4.79 Å². The smallest absolute Gasteiger partial charge is 0.266 e. The van der Waals surface area contributed by atoms with E-state index in [2.05, 4.69) is 5.32 Å². The minimum Gasteiger partial charge on any atom is -0.488 e. The lowest BCUT2D eigenvalue weighted by Gasteiger charge is -2.14. The minimum absolute atomic E-state index is 0.130. The van der Waals surface area contributed by atoms with Crippen molar-refractivity contribution < 1.29 is 13.9 Å². The number of nitrogens with zero attached hydrogens (tertiary/aromatic N) is 1. The Balaban J connectivity index is 1.70. The lowest BCUT2D eigenvalue weighted by Crippen LogP contribution is -2.13. The van der Waals surface area contributed by atoms with Crippen LogP contribution in [0.25, 0.3) is 16.8 Å². The van der Waals surface area contributed by atoms with E-state index in [1.807, 2.05) is 36.4 Å². The maximum absolute atomic E-state index is 13.2. The molecule has 0 aliphatic rings. The first-order valence-electron chi connectivity index (χ1n) is 10.2. The summed E-state index contributed by atoms with van der Waals surface area (Å²) in [5.41, 5.74) is 1.56. The molecule has 0 aromatic heterocycles. The van der Waals surface area contributed by atoms with Gasteiger partial charge < -0.3 is 10.1 Å². The summed E-state index contributed by atoms with van der Waals surface area (Å²) >= 11 is 12.2. The van der Waals surface area contributed by atoms with Crippen LogP contribution in [0.3, 0.4) is 0 Å². The summed E-state index contributed by atoms with van der Waals surface area (Å²) in [5, 5.41) is 15.0. The highest BCUT2D eigenvalue weighted by atomic mass is 35.5. The van der Waals surface area contributed by atoms with Crippen LogP contribution in [-0.2, 0) is 11.4 Å². The van der Waals surface area contributed by atoms with Gasteiger partial charge in [-0.05, 0) is 59.3 Å². The summed E-state index contributed by atoms with van der Waals surface area (Å²) in [5.74, 6) is -0.562. The maximum Gasteiger partial charge on any atom is 0.266 e. The molecule has 4 aromatic carbocycles. The van der Waals surface area contributed by atoms with Gasteiger partial charge in [0.25, 0.3) is 5.91 Å². The molecule has 34 heavy (non-hydrogen) atoms. The molecule has 7 heteroatoms. The summed E-state index contributed by atoms with van der Waals surface area (Å²) in [7, 11) is 0. The number of benzene rings is 4. The molecule has 0 radical (unpaired) electrons. The zero-order valence-corrected chi connectivity index (χ0v) is 19.2. The second kappa shape index (κ2) is 10.4. The highest BCUT2D eigenvalue weighted by Gasteiger charge is 2.14. The SMILES string of the molecule is N#C/C(=C/c1c(OCc2ccc(Cl)cc2Cl)ccc2ccccc12)C(=O)Nc1ccc(F)cc1.